The number of pyridine rings is 1. The number of hydrogen-bond acceptors (Lipinski definition) is 12. The molecular weight excluding hydrogens is 953 g/mol. The number of para-hydroxylation sites is 1. The maximum atomic E-state index is 13.2. The van der Waals surface area contributed by atoms with Crippen molar-refractivity contribution in [1.29, 1.82) is 0 Å². The average Bonchev–Trinajstić information content (AvgIpc) is 3.75. The largest absolute Gasteiger partial charge is 0.466 e. The van der Waals surface area contributed by atoms with E-state index in [1.54, 1.807) is 0 Å². The van der Waals surface area contributed by atoms with Crippen molar-refractivity contribution in [3.05, 3.63) is 42.2 Å². The molecule has 2 aromatic heterocycles. The summed E-state index contributed by atoms with van der Waals surface area (Å²) in [5, 5.41) is 0.948. The van der Waals surface area contributed by atoms with Crippen molar-refractivity contribution in [2.75, 3.05) is 65.3 Å². The van der Waals surface area contributed by atoms with Crippen LogP contribution in [0, 0.1) is 0 Å². The van der Waals surface area contributed by atoms with E-state index in [0.29, 0.717) is 63.6 Å². The van der Waals surface area contributed by atoms with Crippen molar-refractivity contribution in [3.63, 3.8) is 0 Å². The Kier molecular flexibility index (Phi) is 36.5. The summed E-state index contributed by atoms with van der Waals surface area (Å²) >= 11 is 0. The van der Waals surface area contributed by atoms with Gasteiger partial charge in [0.05, 0.1) is 24.2 Å². The number of hydrogen-bond donors (Lipinski definition) is 1. The van der Waals surface area contributed by atoms with Gasteiger partial charge >= 0.3 is 17.9 Å². The molecule has 0 aliphatic heterocycles. The van der Waals surface area contributed by atoms with Gasteiger partial charge in [-0.15, -0.1) is 0 Å². The molecule has 3 rings (SSSR count). The molecule has 13 heteroatoms. The lowest BCUT2D eigenvalue weighted by atomic mass is 10.1. The maximum Gasteiger partial charge on any atom is 0.306 e. The van der Waals surface area contributed by atoms with Crippen molar-refractivity contribution >= 4 is 45.7 Å². The predicted octanol–water partition coefficient (Wildman–Crippen LogP) is 15.0. The summed E-state index contributed by atoms with van der Waals surface area (Å²) in [6, 6.07) is 7.91. The van der Waals surface area contributed by atoms with Crippen LogP contribution in [0.5, 0.6) is 0 Å². The second-order valence-electron chi connectivity index (χ2n) is 22.1. The van der Waals surface area contributed by atoms with E-state index in [0.717, 1.165) is 132 Å². The number of carbonyl (C=O) groups excluding carboxylic acids is 3. The number of carbonyl (C=O) groups is 3. The van der Waals surface area contributed by atoms with Crippen LogP contribution in [0.3, 0.4) is 0 Å². The number of benzene rings is 1. The molecule has 0 saturated heterocycles. The summed E-state index contributed by atoms with van der Waals surface area (Å²) in [7, 11) is 2.22. The third kappa shape index (κ3) is 30.2. The molecule has 76 heavy (non-hydrogen) atoms. The fourth-order valence-corrected chi connectivity index (χ4v) is 10.0. The lowest BCUT2D eigenvalue weighted by Gasteiger charge is -2.27. The highest BCUT2D eigenvalue weighted by Crippen LogP contribution is 2.31. The molecular formula is C63H108N6O7. The number of allylic oxidation sites excluding steroid dienone is 1. The van der Waals surface area contributed by atoms with Crippen LogP contribution in [0.15, 0.2) is 36.4 Å². The van der Waals surface area contributed by atoms with Crippen LogP contribution in [0.1, 0.15) is 239 Å². The number of aromatic nitrogens is 3. The predicted molar refractivity (Wildman–Crippen MR) is 314 cm³/mol. The van der Waals surface area contributed by atoms with E-state index >= 15 is 0 Å². The van der Waals surface area contributed by atoms with Gasteiger partial charge in [0.1, 0.15) is 30.2 Å². The number of anilines is 1. The topological polar surface area (TPSA) is 151 Å². The first-order valence-corrected chi connectivity index (χ1v) is 30.7. The summed E-state index contributed by atoms with van der Waals surface area (Å²) < 4.78 is 24.9. The molecule has 2 N–H and O–H groups in total. The van der Waals surface area contributed by atoms with Crippen molar-refractivity contribution in [2.24, 2.45) is 0 Å². The quantitative estimate of drug-likeness (QED) is 0.0248. The Labute approximate surface area is 461 Å². The van der Waals surface area contributed by atoms with E-state index in [2.05, 4.69) is 46.3 Å². The Bertz CT molecular complexity index is 2020. The molecule has 0 atom stereocenters. The Morgan fingerprint density at radius 2 is 1.13 bits per heavy atom. The number of nitrogen functional groups attached to an aromatic ring is 1. The zero-order chi connectivity index (χ0) is 54.9. The summed E-state index contributed by atoms with van der Waals surface area (Å²) in [6.07, 6.45) is 37.9. The van der Waals surface area contributed by atoms with Crippen LogP contribution in [0.2, 0.25) is 0 Å². The molecule has 3 aromatic rings. The number of nitrogens with zero attached hydrogens (tertiary/aromatic N) is 5. The minimum Gasteiger partial charge on any atom is -0.466 e. The number of fused-ring (bicyclic) bond motifs is 3. The van der Waals surface area contributed by atoms with Gasteiger partial charge in [0, 0.05) is 31.3 Å². The SMILES string of the molecule is CCCCCC/C=C/COC(=O)CCCCCCCCN(CCCCCCCCC(=O)OCCCCCCCCC)CCCN(C)CCCCCC(=O)OC(C)(C)Cn1c(COCC)nc2c(N)nc3ccccc3c21. The molecule has 0 aliphatic rings. The van der Waals surface area contributed by atoms with E-state index in [4.69, 9.17) is 29.7 Å². The summed E-state index contributed by atoms with van der Waals surface area (Å²) in [4.78, 5) is 52.2. The van der Waals surface area contributed by atoms with E-state index in [1.807, 2.05) is 51.1 Å². The average molecular weight is 1060 g/mol. The summed E-state index contributed by atoms with van der Waals surface area (Å²) in [6.45, 7) is 18.0. The van der Waals surface area contributed by atoms with E-state index in [9.17, 15) is 14.4 Å². The smallest absolute Gasteiger partial charge is 0.306 e. The van der Waals surface area contributed by atoms with Crippen LogP contribution >= 0.6 is 0 Å². The first-order valence-electron chi connectivity index (χ1n) is 30.7. The number of unbranched alkanes of at least 4 members (excludes halogenated alkanes) is 22. The molecule has 0 aliphatic carbocycles. The molecule has 0 radical (unpaired) electrons. The molecule has 0 saturated carbocycles. The fraction of sp³-hybridized carbons (Fsp3) is 0.762. The number of esters is 3. The van der Waals surface area contributed by atoms with Gasteiger partial charge in [0.15, 0.2) is 5.82 Å². The third-order valence-electron chi connectivity index (χ3n) is 14.4. The Balaban J connectivity index is 1.34. The second-order valence-corrected chi connectivity index (χ2v) is 22.1. The van der Waals surface area contributed by atoms with Crippen molar-refractivity contribution in [1.82, 2.24) is 24.3 Å². The van der Waals surface area contributed by atoms with E-state index < -0.39 is 5.60 Å². The second kappa shape index (κ2) is 42.0. The van der Waals surface area contributed by atoms with Crippen molar-refractivity contribution in [2.45, 2.75) is 252 Å². The molecule has 2 heterocycles. The lowest BCUT2D eigenvalue weighted by Crippen LogP contribution is -2.34. The normalized spacial score (nSPS) is 12.1. The van der Waals surface area contributed by atoms with Crippen LogP contribution in [0.25, 0.3) is 21.9 Å². The Hall–Kier alpha value is -4.07. The van der Waals surface area contributed by atoms with Gasteiger partial charge in [-0.05, 0) is 131 Å². The van der Waals surface area contributed by atoms with E-state index in [-0.39, 0.29) is 17.9 Å². The molecule has 0 fully saturated rings. The number of nitrogens with two attached hydrogens (primary N) is 1. The fourth-order valence-electron chi connectivity index (χ4n) is 10.0. The summed E-state index contributed by atoms with van der Waals surface area (Å²) in [5.41, 5.74) is 7.92. The summed E-state index contributed by atoms with van der Waals surface area (Å²) in [5.74, 6) is 0.815. The highest BCUT2D eigenvalue weighted by atomic mass is 16.6. The Morgan fingerprint density at radius 3 is 1.79 bits per heavy atom. The number of rotatable bonds is 49. The van der Waals surface area contributed by atoms with Crippen LogP contribution in [-0.4, -0.2) is 107 Å². The standard InChI is InChI=1S/C63H108N6O7/c1-7-10-12-14-20-26-37-50-74-57(70)42-29-22-16-18-24-35-47-68(48-36-25-19-17-23-30-43-58(71)75-51-38-27-21-15-13-11-8-2)49-39-46-67(6)45-34-28-31-44-59(72)76-63(4,5)53-69-56(52-73-9-3)66-60-61(69)54-40-32-33-41-55(54)65-62(60)64/h26,32-33,37,40-41H,7-25,27-31,34-36,38-39,42-53H2,1-6H3,(H2,64,65)/b37-26+. The van der Waals surface area contributed by atoms with Gasteiger partial charge in [0.25, 0.3) is 0 Å². The van der Waals surface area contributed by atoms with Crippen LogP contribution < -0.4 is 5.73 Å². The van der Waals surface area contributed by atoms with E-state index in [1.165, 1.54) is 103 Å². The van der Waals surface area contributed by atoms with Gasteiger partial charge in [-0.3, -0.25) is 14.4 Å². The van der Waals surface area contributed by atoms with Gasteiger partial charge in [-0.25, -0.2) is 9.97 Å². The Morgan fingerprint density at radius 1 is 0.605 bits per heavy atom. The molecule has 0 bridgehead atoms. The molecule has 13 nitrogen and oxygen atoms in total. The molecule has 0 amide bonds. The maximum absolute atomic E-state index is 13.2. The first kappa shape index (κ1) is 66.2. The third-order valence-corrected chi connectivity index (χ3v) is 14.4. The number of imidazole rings is 1. The monoisotopic (exact) mass is 1060 g/mol. The molecule has 432 valence electrons. The number of ether oxygens (including phenoxy) is 4. The van der Waals surface area contributed by atoms with Gasteiger partial charge in [-0.1, -0.05) is 160 Å². The first-order chi connectivity index (χ1) is 37.0. The van der Waals surface area contributed by atoms with Crippen molar-refractivity contribution < 1.29 is 33.3 Å². The molecule has 0 spiro atoms. The lowest BCUT2D eigenvalue weighted by molar-refractivity contribution is -0.157. The minimum absolute atomic E-state index is 0.0268. The molecule has 0 unspecified atom stereocenters. The highest BCUT2D eigenvalue weighted by Gasteiger charge is 2.28. The van der Waals surface area contributed by atoms with Crippen LogP contribution in [-0.2, 0) is 46.5 Å². The van der Waals surface area contributed by atoms with Gasteiger partial charge in [0.2, 0.25) is 0 Å². The van der Waals surface area contributed by atoms with Crippen molar-refractivity contribution in [3.8, 4) is 0 Å². The van der Waals surface area contributed by atoms with Gasteiger partial charge in [-0.2, -0.15) is 0 Å². The zero-order valence-corrected chi connectivity index (χ0v) is 49.1. The minimum atomic E-state index is -0.785. The zero-order valence-electron chi connectivity index (χ0n) is 49.1. The van der Waals surface area contributed by atoms with Crippen LogP contribution in [0.4, 0.5) is 5.82 Å². The highest BCUT2D eigenvalue weighted by molar-refractivity contribution is 6.06. The molecule has 1 aromatic carbocycles. The van der Waals surface area contributed by atoms with Gasteiger partial charge < -0.3 is 39.0 Å².